The maximum absolute atomic E-state index is 13.7. The number of aliphatic hydroxyl groups excluding tert-OH is 1. The number of amides is 1. The lowest BCUT2D eigenvalue weighted by molar-refractivity contribution is -0.0459. The zero-order valence-electron chi connectivity index (χ0n) is 13.1. The normalized spacial score (nSPS) is 29.2. The molecule has 3 rings (SSSR count). The predicted molar refractivity (Wildman–Crippen MR) is 83.7 cm³/mol. The van der Waals surface area contributed by atoms with Crippen LogP contribution in [-0.2, 0) is 4.74 Å². The van der Waals surface area contributed by atoms with Crippen molar-refractivity contribution >= 4 is 5.91 Å². The van der Waals surface area contributed by atoms with Crippen LogP contribution in [0.15, 0.2) is 24.3 Å². The van der Waals surface area contributed by atoms with E-state index in [1.807, 2.05) is 0 Å². The lowest BCUT2D eigenvalue weighted by Crippen LogP contribution is -2.58. The van der Waals surface area contributed by atoms with E-state index in [0.29, 0.717) is 19.6 Å². The van der Waals surface area contributed by atoms with E-state index in [1.165, 1.54) is 12.1 Å². The standard InChI is InChI=1S/C17H23FN2O3/c18-13-5-2-1-4-12(13)17(22)19-14-6-3-7-15(16(14)21)20-8-10-23-11-9-20/h1-2,4-5,14-16,21H,3,6-11H2,(H,19,22)/t14-,15-,16-/m1/s1. The van der Waals surface area contributed by atoms with Crippen LogP contribution in [0.4, 0.5) is 4.39 Å². The van der Waals surface area contributed by atoms with Gasteiger partial charge in [-0.05, 0) is 31.4 Å². The molecule has 2 fully saturated rings. The van der Waals surface area contributed by atoms with Crippen molar-refractivity contribution in [1.29, 1.82) is 0 Å². The van der Waals surface area contributed by atoms with Crippen LogP contribution >= 0.6 is 0 Å². The summed E-state index contributed by atoms with van der Waals surface area (Å²) in [4.78, 5) is 14.5. The molecule has 3 atom stereocenters. The van der Waals surface area contributed by atoms with Gasteiger partial charge in [-0.3, -0.25) is 9.69 Å². The largest absolute Gasteiger partial charge is 0.389 e. The van der Waals surface area contributed by atoms with E-state index in [1.54, 1.807) is 12.1 Å². The van der Waals surface area contributed by atoms with E-state index in [2.05, 4.69) is 10.2 Å². The molecule has 0 spiro atoms. The van der Waals surface area contributed by atoms with Crippen LogP contribution in [0, 0.1) is 5.82 Å². The number of nitrogens with zero attached hydrogens (tertiary/aromatic N) is 1. The Bertz CT molecular complexity index is 548. The lowest BCUT2D eigenvalue weighted by Gasteiger charge is -2.43. The average molecular weight is 322 g/mol. The maximum atomic E-state index is 13.7. The Balaban J connectivity index is 1.65. The summed E-state index contributed by atoms with van der Waals surface area (Å²) in [7, 11) is 0. The quantitative estimate of drug-likeness (QED) is 0.877. The van der Waals surface area contributed by atoms with Crippen LogP contribution in [0.5, 0.6) is 0 Å². The van der Waals surface area contributed by atoms with Gasteiger partial charge in [-0.25, -0.2) is 4.39 Å². The van der Waals surface area contributed by atoms with Gasteiger partial charge in [0.2, 0.25) is 0 Å². The predicted octanol–water partition coefficient (Wildman–Crippen LogP) is 1.17. The number of ether oxygens (including phenoxy) is 1. The van der Waals surface area contributed by atoms with Crippen LogP contribution < -0.4 is 5.32 Å². The van der Waals surface area contributed by atoms with Crippen molar-refractivity contribution in [3.05, 3.63) is 35.6 Å². The molecule has 23 heavy (non-hydrogen) atoms. The SMILES string of the molecule is O=C(N[C@@H]1CCC[C@@H](N2CCOCC2)[C@@H]1O)c1ccccc1F. The van der Waals surface area contributed by atoms with Gasteiger partial charge in [0, 0.05) is 19.1 Å². The molecular formula is C17H23FN2O3. The van der Waals surface area contributed by atoms with Gasteiger partial charge in [0.25, 0.3) is 5.91 Å². The molecule has 0 unspecified atom stereocenters. The molecule has 1 heterocycles. The third kappa shape index (κ3) is 3.71. The van der Waals surface area contributed by atoms with Crippen LogP contribution in [0.2, 0.25) is 0 Å². The van der Waals surface area contributed by atoms with Crippen molar-refractivity contribution in [2.75, 3.05) is 26.3 Å². The summed E-state index contributed by atoms with van der Waals surface area (Å²) in [5.74, 6) is -1.00. The second kappa shape index (κ2) is 7.38. The molecule has 1 aliphatic heterocycles. The second-order valence-electron chi connectivity index (χ2n) is 6.20. The molecular weight excluding hydrogens is 299 g/mol. The number of hydrogen-bond acceptors (Lipinski definition) is 4. The minimum absolute atomic E-state index is 0.0215. The highest BCUT2D eigenvalue weighted by Crippen LogP contribution is 2.25. The molecule has 1 amide bonds. The Morgan fingerprint density at radius 1 is 1.26 bits per heavy atom. The number of carbonyl (C=O) groups excluding carboxylic acids is 1. The average Bonchev–Trinajstić information content (AvgIpc) is 2.58. The van der Waals surface area contributed by atoms with Crippen molar-refractivity contribution in [3.8, 4) is 0 Å². The van der Waals surface area contributed by atoms with Crippen molar-refractivity contribution < 1.29 is 19.0 Å². The summed E-state index contributed by atoms with van der Waals surface area (Å²) in [6.07, 6.45) is 1.91. The first kappa shape index (κ1) is 16.4. The fourth-order valence-corrected chi connectivity index (χ4v) is 3.51. The Kier molecular flexibility index (Phi) is 5.25. The number of morpholine rings is 1. The van der Waals surface area contributed by atoms with Crippen LogP contribution in [0.3, 0.4) is 0 Å². The highest BCUT2D eigenvalue weighted by atomic mass is 19.1. The first-order valence-corrected chi connectivity index (χ1v) is 8.22. The lowest BCUT2D eigenvalue weighted by atomic mass is 9.86. The molecule has 6 heteroatoms. The minimum atomic E-state index is -0.641. The molecule has 1 saturated heterocycles. The van der Waals surface area contributed by atoms with Gasteiger partial charge in [0.1, 0.15) is 5.82 Å². The van der Waals surface area contributed by atoms with Crippen LogP contribution in [-0.4, -0.2) is 60.4 Å². The molecule has 0 bridgehead atoms. The van der Waals surface area contributed by atoms with E-state index in [9.17, 15) is 14.3 Å². The van der Waals surface area contributed by atoms with Gasteiger partial charge in [0.05, 0.1) is 30.9 Å². The monoisotopic (exact) mass is 322 g/mol. The van der Waals surface area contributed by atoms with Crippen molar-refractivity contribution in [2.45, 2.75) is 37.5 Å². The third-order valence-electron chi connectivity index (χ3n) is 4.77. The Morgan fingerprint density at radius 3 is 2.74 bits per heavy atom. The molecule has 1 aromatic rings. The number of benzene rings is 1. The van der Waals surface area contributed by atoms with Gasteiger partial charge < -0.3 is 15.2 Å². The van der Waals surface area contributed by atoms with Gasteiger partial charge in [-0.1, -0.05) is 12.1 Å². The van der Waals surface area contributed by atoms with Crippen molar-refractivity contribution in [3.63, 3.8) is 0 Å². The zero-order valence-corrected chi connectivity index (χ0v) is 13.1. The Labute approximate surface area is 135 Å². The molecule has 0 radical (unpaired) electrons. The van der Waals surface area contributed by atoms with Crippen molar-refractivity contribution in [2.24, 2.45) is 0 Å². The number of carbonyl (C=O) groups is 1. The first-order valence-electron chi connectivity index (χ1n) is 8.22. The summed E-state index contributed by atoms with van der Waals surface area (Å²) in [5, 5.41) is 13.5. The molecule has 5 nitrogen and oxygen atoms in total. The minimum Gasteiger partial charge on any atom is -0.389 e. The number of aliphatic hydroxyl groups is 1. The molecule has 1 saturated carbocycles. The fourth-order valence-electron chi connectivity index (χ4n) is 3.51. The smallest absolute Gasteiger partial charge is 0.254 e. The van der Waals surface area contributed by atoms with Crippen LogP contribution in [0.1, 0.15) is 29.6 Å². The third-order valence-corrected chi connectivity index (χ3v) is 4.77. The topological polar surface area (TPSA) is 61.8 Å². The van der Waals surface area contributed by atoms with E-state index in [4.69, 9.17) is 4.74 Å². The molecule has 2 aliphatic rings. The summed E-state index contributed by atoms with van der Waals surface area (Å²) < 4.78 is 19.1. The maximum Gasteiger partial charge on any atom is 0.254 e. The first-order chi connectivity index (χ1) is 11.2. The fraction of sp³-hybridized carbons (Fsp3) is 0.588. The van der Waals surface area contributed by atoms with Gasteiger partial charge in [0.15, 0.2) is 0 Å². The molecule has 1 aromatic carbocycles. The van der Waals surface area contributed by atoms with Gasteiger partial charge >= 0.3 is 0 Å². The zero-order chi connectivity index (χ0) is 16.2. The van der Waals surface area contributed by atoms with E-state index in [0.717, 1.165) is 25.9 Å². The Morgan fingerprint density at radius 2 is 2.00 bits per heavy atom. The van der Waals surface area contributed by atoms with Gasteiger partial charge in [-0.2, -0.15) is 0 Å². The number of nitrogens with one attached hydrogen (secondary N) is 1. The number of hydrogen-bond donors (Lipinski definition) is 2. The van der Waals surface area contributed by atoms with E-state index in [-0.39, 0.29) is 17.6 Å². The summed E-state index contributed by atoms with van der Waals surface area (Å²) in [6, 6.07) is 5.59. The molecule has 1 aliphatic carbocycles. The second-order valence-corrected chi connectivity index (χ2v) is 6.20. The number of halogens is 1. The van der Waals surface area contributed by atoms with Crippen LogP contribution in [0.25, 0.3) is 0 Å². The molecule has 0 aromatic heterocycles. The summed E-state index contributed by atoms with van der Waals surface area (Å²) in [5.41, 5.74) is 0.0215. The highest BCUT2D eigenvalue weighted by Gasteiger charge is 2.36. The van der Waals surface area contributed by atoms with E-state index < -0.39 is 17.8 Å². The summed E-state index contributed by atoms with van der Waals surface area (Å²) in [6.45, 7) is 2.95. The molecule has 2 N–H and O–H groups in total. The van der Waals surface area contributed by atoms with Gasteiger partial charge in [-0.15, -0.1) is 0 Å². The number of rotatable bonds is 3. The van der Waals surface area contributed by atoms with Crippen molar-refractivity contribution in [1.82, 2.24) is 10.2 Å². The van der Waals surface area contributed by atoms with E-state index >= 15 is 0 Å². The Hall–Kier alpha value is -1.50. The highest BCUT2D eigenvalue weighted by molar-refractivity contribution is 5.94. The summed E-state index contributed by atoms with van der Waals surface area (Å²) >= 11 is 0. The molecule has 126 valence electrons.